The van der Waals surface area contributed by atoms with Crippen molar-refractivity contribution >= 4 is 21.6 Å². The SMILES string of the molecule is CC(C)CSc1nnc(CC2CCS(=O)(=O)C2)o1. The number of nitrogens with zero attached hydrogens (tertiary/aromatic N) is 2. The highest BCUT2D eigenvalue weighted by Gasteiger charge is 2.29. The van der Waals surface area contributed by atoms with Crippen LogP contribution in [-0.2, 0) is 16.3 Å². The summed E-state index contributed by atoms with van der Waals surface area (Å²) in [5, 5.41) is 8.52. The summed E-state index contributed by atoms with van der Waals surface area (Å²) in [6.07, 6.45) is 1.29. The van der Waals surface area contributed by atoms with Crippen LogP contribution in [0.3, 0.4) is 0 Å². The first-order chi connectivity index (χ1) is 8.44. The maximum absolute atomic E-state index is 11.3. The van der Waals surface area contributed by atoms with Gasteiger partial charge in [-0.25, -0.2) is 8.42 Å². The molecule has 5 nitrogen and oxygen atoms in total. The van der Waals surface area contributed by atoms with Crippen LogP contribution >= 0.6 is 11.8 Å². The van der Waals surface area contributed by atoms with Crippen molar-refractivity contribution in [2.45, 2.75) is 31.9 Å². The van der Waals surface area contributed by atoms with Crippen molar-refractivity contribution in [2.24, 2.45) is 11.8 Å². The molecular formula is C11H18N2O3S2. The molecule has 2 rings (SSSR count). The molecule has 0 bridgehead atoms. The molecule has 0 N–H and O–H groups in total. The number of aromatic nitrogens is 2. The lowest BCUT2D eigenvalue weighted by atomic mass is 10.1. The molecule has 102 valence electrons. The highest BCUT2D eigenvalue weighted by molar-refractivity contribution is 7.99. The van der Waals surface area contributed by atoms with Crippen LogP contribution in [0, 0.1) is 11.8 Å². The summed E-state index contributed by atoms with van der Waals surface area (Å²) in [4.78, 5) is 0. The van der Waals surface area contributed by atoms with Crippen LogP contribution in [0.4, 0.5) is 0 Å². The molecule has 1 unspecified atom stereocenters. The Morgan fingerprint density at radius 2 is 2.22 bits per heavy atom. The van der Waals surface area contributed by atoms with Gasteiger partial charge in [0.1, 0.15) is 0 Å². The van der Waals surface area contributed by atoms with Crippen molar-refractivity contribution in [3.8, 4) is 0 Å². The first kappa shape index (κ1) is 13.9. The quantitative estimate of drug-likeness (QED) is 0.770. The molecule has 1 aromatic heterocycles. The average molecular weight is 290 g/mol. The Balaban J connectivity index is 1.87. The Morgan fingerprint density at radius 3 is 2.83 bits per heavy atom. The van der Waals surface area contributed by atoms with E-state index in [0.717, 1.165) is 5.75 Å². The van der Waals surface area contributed by atoms with Gasteiger partial charge in [-0.2, -0.15) is 0 Å². The van der Waals surface area contributed by atoms with E-state index >= 15 is 0 Å². The van der Waals surface area contributed by atoms with Gasteiger partial charge in [-0.1, -0.05) is 25.6 Å². The minimum absolute atomic E-state index is 0.137. The molecule has 0 aliphatic carbocycles. The fraction of sp³-hybridized carbons (Fsp3) is 0.818. The number of sulfone groups is 1. The summed E-state index contributed by atoms with van der Waals surface area (Å²) >= 11 is 1.55. The largest absolute Gasteiger partial charge is 0.416 e. The van der Waals surface area contributed by atoms with Gasteiger partial charge in [0.15, 0.2) is 9.84 Å². The van der Waals surface area contributed by atoms with Gasteiger partial charge >= 0.3 is 0 Å². The van der Waals surface area contributed by atoms with Crippen LogP contribution < -0.4 is 0 Å². The molecule has 1 saturated heterocycles. The van der Waals surface area contributed by atoms with E-state index in [1.165, 1.54) is 0 Å². The maximum atomic E-state index is 11.3. The van der Waals surface area contributed by atoms with Crippen molar-refractivity contribution in [3.63, 3.8) is 0 Å². The molecule has 1 aliphatic heterocycles. The minimum atomic E-state index is -2.83. The Bertz CT molecular complexity index is 496. The minimum Gasteiger partial charge on any atom is -0.416 e. The van der Waals surface area contributed by atoms with Crippen molar-refractivity contribution < 1.29 is 12.8 Å². The molecule has 0 spiro atoms. The van der Waals surface area contributed by atoms with Gasteiger partial charge in [0.25, 0.3) is 5.22 Å². The highest BCUT2D eigenvalue weighted by atomic mass is 32.2. The molecule has 0 amide bonds. The number of hydrogen-bond donors (Lipinski definition) is 0. The molecule has 1 aromatic rings. The summed E-state index contributed by atoms with van der Waals surface area (Å²) in [7, 11) is -2.83. The highest BCUT2D eigenvalue weighted by Crippen LogP contribution is 2.24. The monoisotopic (exact) mass is 290 g/mol. The van der Waals surface area contributed by atoms with Crippen molar-refractivity contribution in [1.82, 2.24) is 10.2 Å². The molecule has 2 heterocycles. The van der Waals surface area contributed by atoms with Gasteiger partial charge in [-0.15, -0.1) is 10.2 Å². The average Bonchev–Trinajstić information content (AvgIpc) is 2.83. The Hall–Kier alpha value is -0.560. The summed E-state index contributed by atoms with van der Waals surface area (Å²) in [5.41, 5.74) is 0. The third kappa shape index (κ3) is 3.98. The van der Waals surface area contributed by atoms with Crippen LogP contribution in [0.15, 0.2) is 9.64 Å². The van der Waals surface area contributed by atoms with E-state index in [9.17, 15) is 8.42 Å². The van der Waals surface area contributed by atoms with Gasteiger partial charge in [0.05, 0.1) is 11.5 Å². The zero-order valence-electron chi connectivity index (χ0n) is 10.6. The van der Waals surface area contributed by atoms with E-state index in [2.05, 4.69) is 24.0 Å². The second-order valence-electron chi connectivity index (χ2n) is 5.14. The number of rotatable bonds is 5. The van der Waals surface area contributed by atoms with E-state index in [1.807, 2.05) is 0 Å². The predicted octanol–water partition coefficient (Wildman–Crippen LogP) is 1.79. The third-order valence-corrected chi connectivity index (χ3v) is 5.86. The van der Waals surface area contributed by atoms with E-state index in [0.29, 0.717) is 35.6 Å². The first-order valence-electron chi connectivity index (χ1n) is 6.10. The number of hydrogen-bond acceptors (Lipinski definition) is 6. The maximum Gasteiger partial charge on any atom is 0.276 e. The van der Waals surface area contributed by atoms with E-state index in [4.69, 9.17) is 4.42 Å². The second kappa shape index (κ2) is 5.61. The van der Waals surface area contributed by atoms with E-state index < -0.39 is 9.84 Å². The van der Waals surface area contributed by atoms with Gasteiger partial charge in [0.2, 0.25) is 5.89 Å². The van der Waals surface area contributed by atoms with Gasteiger partial charge in [0, 0.05) is 12.2 Å². The number of thioether (sulfide) groups is 1. The molecule has 7 heteroatoms. The van der Waals surface area contributed by atoms with Crippen LogP contribution in [0.5, 0.6) is 0 Å². The Kier molecular flexibility index (Phi) is 4.32. The van der Waals surface area contributed by atoms with Crippen LogP contribution in [-0.4, -0.2) is 35.9 Å². The Morgan fingerprint density at radius 1 is 1.44 bits per heavy atom. The standard InChI is InChI=1S/C11H18N2O3S2/c1-8(2)6-17-11-13-12-10(16-11)5-9-3-4-18(14,15)7-9/h8-9H,3-7H2,1-2H3. The molecule has 0 aromatic carbocycles. The van der Waals surface area contributed by atoms with Crippen molar-refractivity contribution in [3.05, 3.63) is 5.89 Å². The normalized spacial score (nSPS) is 22.7. The van der Waals surface area contributed by atoms with Crippen molar-refractivity contribution in [1.29, 1.82) is 0 Å². The molecule has 18 heavy (non-hydrogen) atoms. The summed E-state index contributed by atoms with van der Waals surface area (Å²) < 4.78 is 28.2. The lowest BCUT2D eigenvalue weighted by Gasteiger charge is -2.02. The summed E-state index contributed by atoms with van der Waals surface area (Å²) in [5.74, 6) is 2.76. The van der Waals surface area contributed by atoms with Crippen LogP contribution in [0.1, 0.15) is 26.2 Å². The van der Waals surface area contributed by atoms with Gasteiger partial charge in [-0.3, -0.25) is 0 Å². The third-order valence-electron chi connectivity index (χ3n) is 2.78. The molecular weight excluding hydrogens is 272 g/mol. The fourth-order valence-corrected chi connectivity index (χ4v) is 4.49. The molecule has 1 aliphatic rings. The second-order valence-corrected chi connectivity index (χ2v) is 8.34. The topological polar surface area (TPSA) is 73.1 Å². The summed E-state index contributed by atoms with van der Waals surface area (Å²) in [6.45, 7) is 4.27. The first-order valence-corrected chi connectivity index (χ1v) is 8.91. The zero-order valence-corrected chi connectivity index (χ0v) is 12.3. The predicted molar refractivity (Wildman–Crippen MR) is 70.3 cm³/mol. The molecule has 0 saturated carbocycles. The van der Waals surface area contributed by atoms with Crippen LogP contribution in [0.25, 0.3) is 0 Å². The molecule has 0 radical (unpaired) electrons. The zero-order chi connectivity index (χ0) is 13.2. The fourth-order valence-electron chi connectivity index (χ4n) is 1.90. The Labute approximate surface area is 112 Å². The lowest BCUT2D eigenvalue weighted by Crippen LogP contribution is -2.07. The smallest absolute Gasteiger partial charge is 0.276 e. The van der Waals surface area contributed by atoms with Crippen LogP contribution in [0.2, 0.25) is 0 Å². The molecule has 1 atom stereocenters. The molecule has 1 fully saturated rings. The van der Waals surface area contributed by atoms with Crippen molar-refractivity contribution in [2.75, 3.05) is 17.3 Å². The lowest BCUT2D eigenvalue weighted by molar-refractivity contribution is 0.389. The van der Waals surface area contributed by atoms with E-state index in [-0.39, 0.29) is 11.7 Å². The van der Waals surface area contributed by atoms with Gasteiger partial charge in [-0.05, 0) is 18.3 Å². The van der Waals surface area contributed by atoms with Gasteiger partial charge < -0.3 is 4.42 Å². The summed E-state index contributed by atoms with van der Waals surface area (Å²) in [6, 6.07) is 0. The van der Waals surface area contributed by atoms with E-state index in [1.54, 1.807) is 11.8 Å².